The molecular formula is C17H18FNO3S. The molecule has 4 nitrogen and oxygen atoms in total. The van der Waals surface area contributed by atoms with E-state index in [0.29, 0.717) is 4.88 Å². The minimum Gasteiger partial charge on any atom is -0.443 e. The van der Waals surface area contributed by atoms with Crippen molar-refractivity contribution in [1.82, 2.24) is 5.32 Å². The number of carbonyl (C=O) groups excluding carboxylic acids is 2. The van der Waals surface area contributed by atoms with Gasteiger partial charge in [-0.3, -0.25) is 4.79 Å². The number of benzene rings is 1. The summed E-state index contributed by atoms with van der Waals surface area (Å²) < 4.78 is 19.3. The summed E-state index contributed by atoms with van der Waals surface area (Å²) >= 11 is 1.20. The summed E-state index contributed by atoms with van der Waals surface area (Å²) in [5, 5.41) is 4.44. The van der Waals surface area contributed by atoms with Gasteiger partial charge in [-0.1, -0.05) is 24.3 Å². The monoisotopic (exact) mass is 335 g/mol. The molecule has 0 unspecified atom stereocenters. The number of rotatable bonds is 4. The quantitative estimate of drug-likeness (QED) is 0.867. The van der Waals surface area contributed by atoms with Gasteiger partial charge in [0.1, 0.15) is 10.7 Å². The standard InChI is InChI=1S/C17H18FNO3S/c1-17(2,3)19-15(20)14(11-7-4-5-8-12(11)18)22-16(21)13-9-6-10-23-13/h4-10,14H,1-3H3,(H,19,20)/t14-/m1/s1. The van der Waals surface area contributed by atoms with Gasteiger partial charge >= 0.3 is 5.97 Å². The van der Waals surface area contributed by atoms with Crippen molar-refractivity contribution in [2.45, 2.75) is 32.4 Å². The third kappa shape index (κ3) is 4.63. The third-order valence-electron chi connectivity index (χ3n) is 2.87. The molecule has 1 heterocycles. The van der Waals surface area contributed by atoms with Crippen LogP contribution in [-0.4, -0.2) is 17.4 Å². The Hall–Kier alpha value is -2.21. The summed E-state index contributed by atoms with van der Waals surface area (Å²) in [6.45, 7) is 5.39. The summed E-state index contributed by atoms with van der Waals surface area (Å²) in [4.78, 5) is 25.0. The number of halogens is 1. The molecule has 1 N–H and O–H groups in total. The van der Waals surface area contributed by atoms with Gasteiger partial charge in [-0.2, -0.15) is 0 Å². The van der Waals surface area contributed by atoms with Gasteiger partial charge in [-0.25, -0.2) is 9.18 Å². The van der Waals surface area contributed by atoms with Gasteiger partial charge in [-0.05, 0) is 38.3 Å². The molecule has 0 saturated carbocycles. The van der Waals surface area contributed by atoms with Crippen LogP contribution in [0.5, 0.6) is 0 Å². The molecule has 2 rings (SSSR count). The van der Waals surface area contributed by atoms with Crippen LogP contribution >= 0.6 is 11.3 Å². The SMILES string of the molecule is CC(C)(C)NC(=O)[C@H](OC(=O)c1cccs1)c1ccccc1F. The summed E-state index contributed by atoms with van der Waals surface area (Å²) in [6, 6.07) is 9.06. The molecule has 1 aromatic heterocycles. The summed E-state index contributed by atoms with van der Waals surface area (Å²) in [6.07, 6.45) is -1.34. The first-order valence-electron chi connectivity index (χ1n) is 7.09. The van der Waals surface area contributed by atoms with E-state index in [1.165, 1.54) is 29.5 Å². The van der Waals surface area contributed by atoms with Crippen LogP contribution in [0.2, 0.25) is 0 Å². The summed E-state index contributed by atoms with van der Waals surface area (Å²) in [5.41, 5.74) is -0.505. The molecule has 0 fully saturated rings. The van der Waals surface area contributed by atoms with Crippen LogP contribution in [-0.2, 0) is 9.53 Å². The van der Waals surface area contributed by atoms with Gasteiger partial charge in [-0.15, -0.1) is 11.3 Å². The first-order valence-corrected chi connectivity index (χ1v) is 7.97. The lowest BCUT2D eigenvalue weighted by atomic mass is 10.0. The van der Waals surface area contributed by atoms with Crippen molar-refractivity contribution in [2.24, 2.45) is 0 Å². The Morgan fingerprint density at radius 3 is 2.43 bits per heavy atom. The first-order chi connectivity index (χ1) is 10.8. The fraction of sp³-hybridized carbons (Fsp3) is 0.294. The second-order valence-electron chi connectivity index (χ2n) is 6.02. The smallest absolute Gasteiger partial charge is 0.349 e. The maximum Gasteiger partial charge on any atom is 0.349 e. The number of hydrogen-bond donors (Lipinski definition) is 1. The zero-order chi connectivity index (χ0) is 17.0. The van der Waals surface area contributed by atoms with Crippen molar-refractivity contribution >= 4 is 23.2 Å². The van der Waals surface area contributed by atoms with E-state index in [9.17, 15) is 14.0 Å². The molecule has 0 aliphatic carbocycles. The third-order valence-corrected chi connectivity index (χ3v) is 3.72. The van der Waals surface area contributed by atoms with Gasteiger partial charge in [0.15, 0.2) is 0 Å². The van der Waals surface area contributed by atoms with Crippen LogP contribution in [0.1, 0.15) is 42.1 Å². The molecule has 2 aromatic rings. The lowest BCUT2D eigenvalue weighted by Gasteiger charge is -2.25. The van der Waals surface area contributed by atoms with E-state index in [1.807, 2.05) is 0 Å². The van der Waals surface area contributed by atoms with Gasteiger partial charge in [0.25, 0.3) is 5.91 Å². The Morgan fingerprint density at radius 1 is 1.17 bits per heavy atom. The van der Waals surface area contributed by atoms with Crippen molar-refractivity contribution in [3.05, 3.63) is 58.0 Å². The molecule has 0 aliphatic heterocycles. The number of ether oxygens (including phenoxy) is 1. The maximum atomic E-state index is 14.1. The average molecular weight is 335 g/mol. The van der Waals surface area contributed by atoms with Crippen LogP contribution in [0.25, 0.3) is 0 Å². The topological polar surface area (TPSA) is 55.4 Å². The maximum absolute atomic E-state index is 14.1. The molecule has 0 radical (unpaired) electrons. The van der Waals surface area contributed by atoms with E-state index in [0.717, 1.165) is 0 Å². The summed E-state index contributed by atoms with van der Waals surface area (Å²) in [7, 11) is 0. The number of thiophene rings is 1. The predicted molar refractivity (Wildman–Crippen MR) is 86.8 cm³/mol. The van der Waals surface area contributed by atoms with Crippen LogP contribution < -0.4 is 5.32 Å². The van der Waals surface area contributed by atoms with Crippen LogP contribution in [0, 0.1) is 5.82 Å². The van der Waals surface area contributed by atoms with Crippen LogP contribution in [0.15, 0.2) is 41.8 Å². The van der Waals surface area contributed by atoms with E-state index in [4.69, 9.17) is 4.74 Å². The molecule has 1 aromatic carbocycles. The molecular weight excluding hydrogens is 317 g/mol. The highest BCUT2D eigenvalue weighted by molar-refractivity contribution is 7.11. The van der Waals surface area contributed by atoms with Crippen molar-refractivity contribution in [3.63, 3.8) is 0 Å². The molecule has 0 bridgehead atoms. The Bertz CT molecular complexity index is 692. The number of hydrogen-bond acceptors (Lipinski definition) is 4. The Balaban J connectivity index is 2.30. The molecule has 0 spiro atoms. The van der Waals surface area contributed by atoms with E-state index < -0.39 is 29.3 Å². The van der Waals surface area contributed by atoms with Gasteiger partial charge < -0.3 is 10.1 Å². The van der Waals surface area contributed by atoms with Gasteiger partial charge in [0.05, 0.1) is 0 Å². The fourth-order valence-corrected chi connectivity index (χ4v) is 2.55. The molecule has 0 aliphatic rings. The number of amides is 1. The molecule has 1 atom stereocenters. The van der Waals surface area contributed by atoms with Gasteiger partial charge in [0.2, 0.25) is 6.10 Å². The molecule has 23 heavy (non-hydrogen) atoms. The lowest BCUT2D eigenvalue weighted by molar-refractivity contribution is -0.132. The van der Waals surface area contributed by atoms with E-state index in [2.05, 4.69) is 5.32 Å². The van der Waals surface area contributed by atoms with Crippen LogP contribution in [0.3, 0.4) is 0 Å². The van der Waals surface area contributed by atoms with Crippen molar-refractivity contribution in [1.29, 1.82) is 0 Å². The minimum absolute atomic E-state index is 0.0270. The normalized spacial score (nSPS) is 12.5. The zero-order valence-corrected chi connectivity index (χ0v) is 13.9. The second kappa shape index (κ2) is 6.91. The van der Waals surface area contributed by atoms with E-state index in [1.54, 1.807) is 44.4 Å². The highest BCUT2D eigenvalue weighted by atomic mass is 32.1. The van der Waals surface area contributed by atoms with Gasteiger partial charge in [0, 0.05) is 11.1 Å². The largest absolute Gasteiger partial charge is 0.443 e. The molecule has 1 amide bonds. The first kappa shape index (κ1) is 17.1. The Kier molecular flexibility index (Phi) is 5.15. The Morgan fingerprint density at radius 2 is 1.87 bits per heavy atom. The minimum atomic E-state index is -1.34. The average Bonchev–Trinajstić information content (AvgIpc) is 2.97. The van der Waals surface area contributed by atoms with E-state index >= 15 is 0 Å². The molecule has 122 valence electrons. The number of esters is 1. The Labute approximate surface area is 138 Å². The van der Waals surface area contributed by atoms with E-state index in [-0.39, 0.29) is 5.56 Å². The zero-order valence-electron chi connectivity index (χ0n) is 13.1. The second-order valence-corrected chi connectivity index (χ2v) is 6.97. The van der Waals surface area contributed by atoms with Crippen molar-refractivity contribution in [2.75, 3.05) is 0 Å². The highest BCUT2D eigenvalue weighted by Gasteiger charge is 2.30. The fourth-order valence-electron chi connectivity index (χ4n) is 1.94. The number of nitrogens with one attached hydrogen (secondary N) is 1. The van der Waals surface area contributed by atoms with Crippen molar-refractivity contribution < 1.29 is 18.7 Å². The van der Waals surface area contributed by atoms with Crippen LogP contribution in [0.4, 0.5) is 4.39 Å². The predicted octanol–water partition coefficient (Wildman–Crippen LogP) is 3.70. The summed E-state index contributed by atoms with van der Waals surface area (Å²) in [5.74, 6) is -1.81. The molecule has 0 saturated heterocycles. The molecule has 6 heteroatoms. The lowest BCUT2D eigenvalue weighted by Crippen LogP contribution is -2.44. The number of carbonyl (C=O) groups is 2. The van der Waals surface area contributed by atoms with Crippen molar-refractivity contribution in [3.8, 4) is 0 Å². The highest BCUT2D eigenvalue weighted by Crippen LogP contribution is 2.24.